The number of fused-ring (bicyclic) bond motifs is 1. The number of aliphatic hydroxyl groups is 1. The molecule has 3 aromatic rings. The van der Waals surface area contributed by atoms with Gasteiger partial charge in [-0.15, -0.1) is 0 Å². The summed E-state index contributed by atoms with van der Waals surface area (Å²) in [5, 5.41) is 32.8. The molecule has 0 saturated carbocycles. The van der Waals surface area contributed by atoms with E-state index in [-0.39, 0.29) is 35.5 Å². The molecular formula is C34H42ClN7O3. The number of nitrogens with one attached hydrogen (secondary N) is 4. The highest BCUT2D eigenvalue weighted by Crippen LogP contribution is 2.38. The van der Waals surface area contributed by atoms with E-state index >= 15 is 0 Å². The highest BCUT2D eigenvalue weighted by atomic mass is 35.5. The van der Waals surface area contributed by atoms with Gasteiger partial charge < -0.3 is 20.9 Å². The number of aromatic nitrogens is 1. The van der Waals surface area contributed by atoms with Gasteiger partial charge in [0.15, 0.2) is 0 Å². The van der Waals surface area contributed by atoms with Crippen LogP contribution in [0.25, 0.3) is 0 Å². The summed E-state index contributed by atoms with van der Waals surface area (Å²) in [6.07, 6.45) is 4.73. The predicted octanol–water partition coefficient (Wildman–Crippen LogP) is 5.73. The number of aliphatic imine (C=N–C) groups is 1. The molecule has 45 heavy (non-hydrogen) atoms. The molecule has 1 aromatic heterocycles. The first-order chi connectivity index (χ1) is 21.4. The van der Waals surface area contributed by atoms with Gasteiger partial charge in [-0.1, -0.05) is 68.8 Å². The van der Waals surface area contributed by atoms with Crippen molar-refractivity contribution in [1.29, 1.82) is 10.8 Å². The van der Waals surface area contributed by atoms with Gasteiger partial charge in [0, 0.05) is 29.8 Å². The lowest BCUT2D eigenvalue weighted by molar-refractivity contribution is 0.171. The van der Waals surface area contributed by atoms with Gasteiger partial charge in [-0.25, -0.2) is 4.79 Å². The van der Waals surface area contributed by atoms with Crippen LogP contribution < -0.4 is 26.6 Å². The molecule has 11 heteroatoms. The molecule has 0 radical (unpaired) electrons. The van der Waals surface area contributed by atoms with Gasteiger partial charge in [-0.05, 0) is 67.2 Å². The van der Waals surface area contributed by atoms with Crippen LogP contribution in [-0.2, 0) is 0 Å². The number of benzene rings is 2. The molecule has 1 aliphatic carbocycles. The quantitative estimate of drug-likeness (QED) is 0.106. The van der Waals surface area contributed by atoms with Gasteiger partial charge in [0.1, 0.15) is 29.0 Å². The molecule has 4 rings (SSSR count). The van der Waals surface area contributed by atoms with Crippen LogP contribution in [0.3, 0.4) is 0 Å². The lowest BCUT2D eigenvalue weighted by Crippen LogP contribution is -2.42. The van der Waals surface area contributed by atoms with E-state index in [1.165, 1.54) is 4.57 Å². The van der Waals surface area contributed by atoms with Gasteiger partial charge in [-0.3, -0.25) is 25.7 Å². The number of rotatable bonds is 8. The van der Waals surface area contributed by atoms with Gasteiger partial charge in [0.05, 0.1) is 17.3 Å². The van der Waals surface area contributed by atoms with E-state index in [2.05, 4.69) is 15.6 Å². The zero-order valence-electron chi connectivity index (χ0n) is 26.2. The fourth-order valence-corrected chi connectivity index (χ4v) is 5.35. The molecule has 0 aliphatic heterocycles. The monoisotopic (exact) mass is 631 g/mol. The number of pyridine rings is 1. The Hall–Kier alpha value is -4.41. The summed E-state index contributed by atoms with van der Waals surface area (Å²) in [5.41, 5.74) is 9.93. The summed E-state index contributed by atoms with van der Waals surface area (Å²) in [4.78, 5) is 17.6. The third-order valence-corrected chi connectivity index (χ3v) is 7.95. The molecule has 7 N–H and O–H groups in total. The third-order valence-electron chi connectivity index (χ3n) is 7.64. The summed E-state index contributed by atoms with van der Waals surface area (Å²) in [6, 6.07) is 15.9. The number of carbonyl (C=O) groups excluding carboxylic acids is 1. The molecule has 10 nitrogen and oxygen atoms in total. The second-order valence-electron chi connectivity index (χ2n) is 12.1. The molecule has 1 aliphatic rings. The molecule has 2 unspecified atom stereocenters. The fraction of sp³-hybridized carbons (Fsp3) is 0.353. The molecule has 2 aromatic carbocycles. The largest absolute Gasteiger partial charge is 0.484 e. The van der Waals surface area contributed by atoms with Crippen LogP contribution in [0, 0.1) is 23.2 Å². The van der Waals surface area contributed by atoms with Crippen molar-refractivity contribution < 1.29 is 14.6 Å². The second-order valence-corrected chi connectivity index (χ2v) is 12.5. The maximum Gasteiger partial charge on any atom is 0.320 e. The Morgan fingerprint density at radius 3 is 2.58 bits per heavy atom. The van der Waals surface area contributed by atoms with Crippen LogP contribution in [0.4, 0.5) is 4.79 Å². The standard InChI is InChI=1S/C34H42ClN7O3/c1-21-9-7-12-25(35)31(21)32(38)42-20-22(13-16-29(42)37)45-27-15-14-26(23-10-5-6-11-24(23)27)40-33(44)41-30(39-17-8-18-43)19-28(36)34(2,3)4/h5-7,9-13,16,19-20,26-27,37-38,43H,8,14-15,17-18,36H2,1-4H3,(H2,39,40,41,44)/b28-19-,37-29?,38-32?. The minimum atomic E-state index is -0.407. The minimum absolute atomic E-state index is 0.000369. The first-order valence-electron chi connectivity index (χ1n) is 15.0. The molecule has 2 amide bonds. The molecule has 0 bridgehead atoms. The average molecular weight is 632 g/mol. The van der Waals surface area contributed by atoms with Gasteiger partial charge in [0.25, 0.3) is 0 Å². The van der Waals surface area contributed by atoms with Crippen LogP contribution in [0.15, 0.2) is 77.6 Å². The number of amides is 2. The smallest absolute Gasteiger partial charge is 0.320 e. The fourth-order valence-electron chi connectivity index (χ4n) is 5.04. The zero-order chi connectivity index (χ0) is 32.7. The average Bonchev–Trinajstić information content (AvgIpc) is 2.98. The molecule has 238 valence electrons. The van der Waals surface area contributed by atoms with E-state index in [0.29, 0.717) is 53.7 Å². The Balaban J connectivity index is 1.52. The third kappa shape index (κ3) is 8.40. The highest BCUT2D eigenvalue weighted by molar-refractivity contribution is 6.34. The van der Waals surface area contributed by atoms with Crippen molar-refractivity contribution in [2.45, 2.75) is 59.1 Å². The van der Waals surface area contributed by atoms with Crippen LogP contribution >= 0.6 is 11.6 Å². The van der Waals surface area contributed by atoms with E-state index in [4.69, 9.17) is 32.9 Å². The van der Waals surface area contributed by atoms with Crippen molar-refractivity contribution in [2.75, 3.05) is 13.2 Å². The molecule has 1 heterocycles. The Labute approximate surface area is 269 Å². The van der Waals surface area contributed by atoms with Crippen molar-refractivity contribution in [3.8, 4) is 5.75 Å². The highest BCUT2D eigenvalue weighted by Gasteiger charge is 2.30. The zero-order valence-corrected chi connectivity index (χ0v) is 26.9. The Morgan fingerprint density at radius 1 is 1.16 bits per heavy atom. The van der Waals surface area contributed by atoms with E-state index in [1.807, 2.05) is 64.1 Å². The van der Waals surface area contributed by atoms with E-state index in [9.17, 15) is 9.90 Å². The van der Waals surface area contributed by atoms with Gasteiger partial charge >= 0.3 is 6.03 Å². The molecule has 0 saturated heterocycles. The van der Waals surface area contributed by atoms with Crippen molar-refractivity contribution >= 4 is 29.3 Å². The number of hydrogen-bond acceptors (Lipinski definition) is 7. The number of nitrogens with zero attached hydrogens (tertiary/aromatic N) is 2. The van der Waals surface area contributed by atoms with Gasteiger partial charge in [0.2, 0.25) is 0 Å². The van der Waals surface area contributed by atoms with Crippen LogP contribution in [0.1, 0.15) is 74.4 Å². The lowest BCUT2D eigenvalue weighted by Gasteiger charge is -2.32. The van der Waals surface area contributed by atoms with Crippen molar-refractivity contribution in [2.24, 2.45) is 16.1 Å². The summed E-state index contributed by atoms with van der Waals surface area (Å²) in [5.74, 6) is 0.935. The lowest BCUT2D eigenvalue weighted by atomic mass is 9.85. The number of nitrogens with two attached hydrogens (primary N) is 1. The summed E-state index contributed by atoms with van der Waals surface area (Å²) >= 11 is 6.42. The van der Waals surface area contributed by atoms with E-state index < -0.39 is 6.03 Å². The number of aryl methyl sites for hydroxylation is 1. The van der Waals surface area contributed by atoms with Crippen LogP contribution in [0.5, 0.6) is 5.75 Å². The summed E-state index contributed by atoms with van der Waals surface area (Å²) in [6.45, 7) is 8.17. The number of ether oxygens (including phenoxy) is 1. The number of allylic oxidation sites excluding steroid dienone is 1. The SMILES string of the molecule is Cc1cccc(Cl)c1C(=N)n1cc(OC2CCC(NC(=O)NC(/C=C(\N)C(C)(C)C)=NCCCO)c3ccccc32)ccc1=N. The topological polar surface area (TPSA) is 162 Å². The second kappa shape index (κ2) is 14.6. The number of halogens is 1. The number of urea groups is 1. The van der Waals surface area contributed by atoms with Crippen molar-refractivity contribution in [3.63, 3.8) is 0 Å². The van der Waals surface area contributed by atoms with Crippen molar-refractivity contribution in [1.82, 2.24) is 15.2 Å². The molecule has 0 fully saturated rings. The molecule has 2 atom stereocenters. The molecular weight excluding hydrogens is 590 g/mol. The minimum Gasteiger partial charge on any atom is -0.484 e. The normalized spacial score (nSPS) is 16.9. The van der Waals surface area contributed by atoms with E-state index in [1.54, 1.807) is 30.5 Å². The van der Waals surface area contributed by atoms with Gasteiger partial charge in [-0.2, -0.15) is 0 Å². The first kappa shape index (κ1) is 33.5. The Morgan fingerprint density at radius 2 is 1.89 bits per heavy atom. The number of hydrogen-bond donors (Lipinski definition) is 6. The number of amidine groups is 1. The number of aliphatic hydroxyl groups excluding tert-OH is 1. The van der Waals surface area contributed by atoms with E-state index in [0.717, 1.165) is 16.7 Å². The first-order valence-corrected chi connectivity index (χ1v) is 15.3. The van der Waals surface area contributed by atoms with Crippen molar-refractivity contribution in [3.05, 3.63) is 105 Å². The summed E-state index contributed by atoms with van der Waals surface area (Å²) < 4.78 is 7.90. The maximum atomic E-state index is 13.2. The Kier molecular flexibility index (Phi) is 10.8. The molecule has 0 spiro atoms. The Bertz CT molecular complexity index is 1650. The van der Waals surface area contributed by atoms with Crippen LogP contribution in [-0.4, -0.2) is 40.5 Å². The number of carbonyl (C=O) groups is 1. The predicted molar refractivity (Wildman–Crippen MR) is 178 cm³/mol. The maximum absolute atomic E-state index is 13.2. The van der Waals surface area contributed by atoms with Crippen LogP contribution in [0.2, 0.25) is 5.02 Å². The summed E-state index contributed by atoms with van der Waals surface area (Å²) in [7, 11) is 0.